The highest BCUT2D eigenvalue weighted by atomic mass is 16.5. The van der Waals surface area contributed by atoms with Gasteiger partial charge >= 0.3 is 0 Å². The molecule has 0 bridgehead atoms. The van der Waals surface area contributed by atoms with Crippen molar-refractivity contribution in [2.75, 3.05) is 25.5 Å². The Bertz CT molecular complexity index is 427. The van der Waals surface area contributed by atoms with Crippen LogP contribution in [0.5, 0.6) is 0 Å². The average Bonchev–Trinajstić information content (AvgIpc) is 2.56. The zero-order valence-corrected chi connectivity index (χ0v) is 12.2. The minimum Gasteiger partial charge on any atom is -0.396 e. The summed E-state index contributed by atoms with van der Waals surface area (Å²) >= 11 is 0. The van der Waals surface area contributed by atoms with Crippen LogP contribution in [0.3, 0.4) is 0 Å². The van der Waals surface area contributed by atoms with Crippen molar-refractivity contribution in [1.29, 1.82) is 0 Å². The van der Waals surface area contributed by atoms with Crippen LogP contribution < -0.4 is 11.1 Å². The lowest BCUT2D eigenvalue weighted by Gasteiger charge is -2.08. The number of hydrogen-bond donors (Lipinski definition) is 2. The molecule has 108 valence electrons. The van der Waals surface area contributed by atoms with Gasteiger partial charge in [-0.15, -0.1) is 0 Å². The Kier molecular flexibility index (Phi) is 5.82. The quantitative estimate of drug-likeness (QED) is 0.719. The molecule has 0 aromatic carbocycles. The van der Waals surface area contributed by atoms with Crippen molar-refractivity contribution >= 4 is 11.6 Å². The minimum absolute atomic E-state index is 0.0845. The molecule has 0 spiro atoms. The Hall–Kier alpha value is -1.56. The first-order valence-corrected chi connectivity index (χ1v) is 6.55. The zero-order valence-electron chi connectivity index (χ0n) is 12.2. The summed E-state index contributed by atoms with van der Waals surface area (Å²) in [4.78, 5) is 11.7. The molecule has 0 saturated heterocycles. The average molecular weight is 268 g/mol. The fourth-order valence-corrected chi connectivity index (χ4v) is 1.64. The van der Waals surface area contributed by atoms with Gasteiger partial charge in [-0.05, 0) is 19.8 Å². The van der Waals surface area contributed by atoms with E-state index < -0.39 is 0 Å². The Labute approximate surface area is 114 Å². The summed E-state index contributed by atoms with van der Waals surface area (Å²) < 4.78 is 7.01. The first-order chi connectivity index (χ1) is 8.91. The monoisotopic (exact) mass is 268 g/mol. The number of nitrogen functional groups attached to an aromatic ring is 1. The Morgan fingerprint density at radius 2 is 2.16 bits per heavy atom. The summed E-state index contributed by atoms with van der Waals surface area (Å²) in [6.07, 6.45) is 0. The lowest BCUT2D eigenvalue weighted by atomic mass is 10.2. The van der Waals surface area contributed by atoms with Gasteiger partial charge in [0, 0.05) is 13.2 Å². The van der Waals surface area contributed by atoms with Gasteiger partial charge in [-0.1, -0.05) is 13.8 Å². The first kappa shape index (κ1) is 15.5. The number of nitrogens with two attached hydrogens (primary N) is 1. The van der Waals surface area contributed by atoms with Crippen molar-refractivity contribution in [3.63, 3.8) is 0 Å². The standard InChI is InChI=1S/C13H24N4O2/c1-9(2)8-19-6-5-15-12(18)7-17-11(4)13(14)10(3)16-17/h9H,5-8,14H2,1-4H3,(H,15,18). The van der Waals surface area contributed by atoms with Gasteiger partial charge in [0.2, 0.25) is 5.91 Å². The largest absolute Gasteiger partial charge is 0.396 e. The molecule has 0 aliphatic carbocycles. The maximum Gasteiger partial charge on any atom is 0.241 e. The van der Waals surface area contributed by atoms with Gasteiger partial charge in [0.1, 0.15) is 6.54 Å². The second kappa shape index (κ2) is 7.13. The van der Waals surface area contributed by atoms with E-state index in [9.17, 15) is 4.79 Å². The molecule has 1 heterocycles. The van der Waals surface area contributed by atoms with E-state index in [4.69, 9.17) is 10.5 Å². The van der Waals surface area contributed by atoms with Gasteiger partial charge in [-0.2, -0.15) is 5.10 Å². The number of nitrogens with zero attached hydrogens (tertiary/aromatic N) is 2. The van der Waals surface area contributed by atoms with Gasteiger partial charge < -0.3 is 15.8 Å². The van der Waals surface area contributed by atoms with Crippen LogP contribution in [-0.2, 0) is 16.1 Å². The number of amides is 1. The number of anilines is 1. The van der Waals surface area contributed by atoms with Crippen molar-refractivity contribution in [2.45, 2.75) is 34.2 Å². The molecule has 0 saturated carbocycles. The normalized spacial score (nSPS) is 11.0. The number of nitrogens with one attached hydrogen (secondary N) is 1. The molecular weight excluding hydrogens is 244 g/mol. The van der Waals surface area contributed by atoms with Crippen LogP contribution in [0.1, 0.15) is 25.2 Å². The summed E-state index contributed by atoms with van der Waals surface area (Å²) in [7, 11) is 0. The highest BCUT2D eigenvalue weighted by Crippen LogP contribution is 2.14. The summed E-state index contributed by atoms with van der Waals surface area (Å²) in [5.41, 5.74) is 8.04. The van der Waals surface area contributed by atoms with Crippen LogP contribution in [0.25, 0.3) is 0 Å². The van der Waals surface area contributed by atoms with Gasteiger partial charge in [0.15, 0.2) is 0 Å². The van der Waals surface area contributed by atoms with Crippen LogP contribution >= 0.6 is 0 Å². The third-order valence-corrected chi connectivity index (χ3v) is 2.75. The molecule has 3 N–H and O–H groups in total. The van der Waals surface area contributed by atoms with E-state index in [0.717, 1.165) is 11.4 Å². The molecule has 1 aromatic rings. The number of carbonyl (C=O) groups is 1. The third-order valence-electron chi connectivity index (χ3n) is 2.75. The predicted molar refractivity (Wildman–Crippen MR) is 74.8 cm³/mol. The lowest BCUT2D eigenvalue weighted by molar-refractivity contribution is -0.122. The van der Waals surface area contributed by atoms with Crippen LogP contribution in [-0.4, -0.2) is 35.4 Å². The smallest absolute Gasteiger partial charge is 0.241 e. The van der Waals surface area contributed by atoms with Gasteiger partial charge in [0.05, 0.1) is 23.7 Å². The van der Waals surface area contributed by atoms with Crippen LogP contribution in [0, 0.1) is 19.8 Å². The van der Waals surface area contributed by atoms with Crippen molar-refractivity contribution in [3.8, 4) is 0 Å². The molecule has 0 atom stereocenters. The molecule has 0 aliphatic rings. The number of carbonyl (C=O) groups excluding carboxylic acids is 1. The topological polar surface area (TPSA) is 82.2 Å². The second-order valence-electron chi connectivity index (χ2n) is 5.06. The van der Waals surface area contributed by atoms with Crippen molar-refractivity contribution in [1.82, 2.24) is 15.1 Å². The van der Waals surface area contributed by atoms with Crippen LogP contribution in [0.2, 0.25) is 0 Å². The summed E-state index contributed by atoms with van der Waals surface area (Å²) in [6.45, 7) is 9.81. The Balaban J connectivity index is 2.29. The van der Waals surface area contributed by atoms with Crippen molar-refractivity contribution in [2.24, 2.45) is 5.92 Å². The summed E-state index contributed by atoms with van der Waals surface area (Å²) in [6, 6.07) is 0. The van der Waals surface area contributed by atoms with Gasteiger partial charge in [-0.3, -0.25) is 9.48 Å². The molecule has 1 aromatic heterocycles. The lowest BCUT2D eigenvalue weighted by Crippen LogP contribution is -2.31. The van der Waals surface area contributed by atoms with E-state index in [-0.39, 0.29) is 12.5 Å². The molecule has 0 unspecified atom stereocenters. The van der Waals surface area contributed by atoms with E-state index in [0.29, 0.717) is 31.4 Å². The van der Waals surface area contributed by atoms with E-state index in [2.05, 4.69) is 24.3 Å². The fourth-order valence-electron chi connectivity index (χ4n) is 1.64. The van der Waals surface area contributed by atoms with Crippen molar-refractivity contribution < 1.29 is 9.53 Å². The number of aromatic nitrogens is 2. The highest BCUT2D eigenvalue weighted by Gasteiger charge is 2.10. The maximum absolute atomic E-state index is 11.7. The summed E-state index contributed by atoms with van der Waals surface area (Å²) in [5.74, 6) is 0.423. The second-order valence-corrected chi connectivity index (χ2v) is 5.06. The van der Waals surface area contributed by atoms with Gasteiger partial charge in [0.25, 0.3) is 0 Å². The summed E-state index contributed by atoms with van der Waals surface area (Å²) in [5, 5.41) is 7.01. The molecular formula is C13H24N4O2. The SMILES string of the molecule is Cc1nn(CC(=O)NCCOCC(C)C)c(C)c1N. The minimum atomic E-state index is -0.0845. The van der Waals surface area contributed by atoms with Crippen LogP contribution in [0.4, 0.5) is 5.69 Å². The van der Waals surface area contributed by atoms with E-state index in [1.165, 1.54) is 0 Å². The third kappa shape index (κ3) is 4.90. The Morgan fingerprint density at radius 1 is 1.47 bits per heavy atom. The molecule has 19 heavy (non-hydrogen) atoms. The highest BCUT2D eigenvalue weighted by molar-refractivity contribution is 5.75. The molecule has 1 rings (SSSR count). The van der Waals surface area contributed by atoms with E-state index in [1.54, 1.807) is 4.68 Å². The molecule has 0 aliphatic heterocycles. The maximum atomic E-state index is 11.7. The molecule has 6 nitrogen and oxygen atoms in total. The Morgan fingerprint density at radius 3 is 2.68 bits per heavy atom. The van der Waals surface area contributed by atoms with E-state index in [1.807, 2.05) is 13.8 Å². The number of ether oxygens (including phenoxy) is 1. The van der Waals surface area contributed by atoms with Crippen molar-refractivity contribution in [3.05, 3.63) is 11.4 Å². The number of rotatable bonds is 7. The van der Waals surface area contributed by atoms with Crippen LogP contribution in [0.15, 0.2) is 0 Å². The molecule has 6 heteroatoms. The number of aryl methyl sites for hydroxylation is 1. The van der Waals surface area contributed by atoms with E-state index >= 15 is 0 Å². The zero-order chi connectivity index (χ0) is 14.4. The molecule has 0 radical (unpaired) electrons. The fraction of sp³-hybridized carbons (Fsp3) is 0.692. The van der Waals surface area contributed by atoms with Gasteiger partial charge in [-0.25, -0.2) is 0 Å². The first-order valence-electron chi connectivity index (χ1n) is 6.55. The number of hydrogen-bond acceptors (Lipinski definition) is 4. The molecule has 1 amide bonds. The molecule has 0 fully saturated rings. The predicted octanol–water partition coefficient (Wildman–Crippen LogP) is 0.871.